The van der Waals surface area contributed by atoms with Crippen molar-refractivity contribution in [1.82, 2.24) is 5.43 Å². The molecule has 0 aromatic heterocycles. The van der Waals surface area contributed by atoms with Crippen molar-refractivity contribution < 1.29 is 17.9 Å². The summed E-state index contributed by atoms with van der Waals surface area (Å²) in [5.74, 6) is -0.0446. The van der Waals surface area contributed by atoms with E-state index >= 15 is 0 Å². The molecule has 10 heteroatoms. The van der Waals surface area contributed by atoms with E-state index in [0.29, 0.717) is 27.6 Å². The van der Waals surface area contributed by atoms with Crippen LogP contribution in [0.1, 0.15) is 16.7 Å². The average molecular weight is 565 g/mol. The van der Waals surface area contributed by atoms with Crippen molar-refractivity contribution >= 4 is 55.4 Å². The molecule has 1 amide bonds. The molecule has 34 heavy (non-hydrogen) atoms. The van der Waals surface area contributed by atoms with Gasteiger partial charge in [0.2, 0.25) is 0 Å². The molecule has 0 radical (unpaired) electrons. The van der Waals surface area contributed by atoms with E-state index in [1.807, 2.05) is 13.0 Å². The van der Waals surface area contributed by atoms with Gasteiger partial charge in [-0.1, -0.05) is 45.2 Å². The molecule has 0 saturated heterocycles. The van der Waals surface area contributed by atoms with E-state index in [0.717, 1.165) is 14.3 Å². The molecule has 178 valence electrons. The van der Waals surface area contributed by atoms with Crippen molar-refractivity contribution in [1.29, 1.82) is 0 Å². The highest BCUT2D eigenvalue weighted by atomic mass is 79.9. The van der Waals surface area contributed by atoms with Crippen LogP contribution in [0.4, 0.5) is 5.69 Å². The number of hydrogen-bond acceptors (Lipinski definition) is 5. The second kappa shape index (κ2) is 11.0. The number of nitrogens with zero attached hydrogens (tertiary/aromatic N) is 2. The molecule has 7 nitrogen and oxygen atoms in total. The molecule has 3 aromatic rings. The highest BCUT2D eigenvalue weighted by molar-refractivity contribution is 9.10. The summed E-state index contributed by atoms with van der Waals surface area (Å²) < 4.78 is 34.1. The first-order valence-corrected chi connectivity index (χ1v) is 12.7. The van der Waals surface area contributed by atoms with Crippen molar-refractivity contribution in [3.05, 3.63) is 86.8 Å². The molecule has 0 heterocycles. The molecule has 3 aromatic carbocycles. The molecule has 0 aliphatic carbocycles. The van der Waals surface area contributed by atoms with Crippen LogP contribution in [-0.2, 0) is 14.8 Å². The van der Waals surface area contributed by atoms with Gasteiger partial charge >= 0.3 is 0 Å². The average Bonchev–Trinajstić information content (AvgIpc) is 2.78. The van der Waals surface area contributed by atoms with Crippen LogP contribution in [-0.4, -0.2) is 34.2 Å². The minimum absolute atomic E-state index is 0.0719. The van der Waals surface area contributed by atoms with Crippen molar-refractivity contribution in [2.75, 3.05) is 18.0 Å². The minimum atomic E-state index is -4.04. The van der Waals surface area contributed by atoms with E-state index in [1.165, 1.54) is 25.5 Å². The zero-order valence-electron chi connectivity index (χ0n) is 18.7. The van der Waals surface area contributed by atoms with Gasteiger partial charge in [0.05, 0.1) is 23.9 Å². The Morgan fingerprint density at radius 2 is 1.82 bits per heavy atom. The van der Waals surface area contributed by atoms with Crippen LogP contribution in [0.25, 0.3) is 0 Å². The largest absolute Gasteiger partial charge is 0.496 e. The van der Waals surface area contributed by atoms with Gasteiger partial charge in [-0.2, -0.15) is 5.10 Å². The number of aryl methyl sites for hydroxylation is 2. The van der Waals surface area contributed by atoms with E-state index < -0.39 is 22.5 Å². The molecule has 0 atom stereocenters. The number of benzene rings is 3. The Morgan fingerprint density at radius 3 is 2.47 bits per heavy atom. The molecular formula is C24H23BrClN3O4S. The third-order valence-electron chi connectivity index (χ3n) is 4.91. The summed E-state index contributed by atoms with van der Waals surface area (Å²) in [6, 6.07) is 16.6. The molecule has 0 saturated carbocycles. The van der Waals surface area contributed by atoms with E-state index in [1.54, 1.807) is 49.4 Å². The third kappa shape index (κ3) is 6.16. The van der Waals surface area contributed by atoms with Crippen molar-refractivity contribution in [2.45, 2.75) is 18.7 Å². The second-order valence-corrected chi connectivity index (χ2v) is 10.6. The number of hydrogen-bond donors (Lipinski definition) is 1. The normalized spacial score (nSPS) is 11.4. The first-order chi connectivity index (χ1) is 16.1. The Balaban J connectivity index is 1.89. The van der Waals surface area contributed by atoms with Gasteiger partial charge in [0, 0.05) is 15.1 Å². The first-order valence-electron chi connectivity index (χ1n) is 10.1. The molecule has 1 N–H and O–H groups in total. The lowest BCUT2D eigenvalue weighted by atomic mass is 10.2. The Hall–Kier alpha value is -2.88. The monoisotopic (exact) mass is 563 g/mol. The number of amides is 1. The number of rotatable bonds is 8. The number of halogens is 2. The predicted molar refractivity (Wildman–Crippen MR) is 138 cm³/mol. The molecule has 0 bridgehead atoms. The Kier molecular flexibility index (Phi) is 8.35. The number of sulfonamides is 1. The lowest BCUT2D eigenvalue weighted by Crippen LogP contribution is -2.40. The number of carbonyl (C=O) groups is 1. The van der Waals surface area contributed by atoms with Crippen LogP contribution < -0.4 is 14.5 Å². The summed E-state index contributed by atoms with van der Waals surface area (Å²) in [6.07, 6.45) is 1.42. The van der Waals surface area contributed by atoms with Gasteiger partial charge in [-0.3, -0.25) is 9.10 Å². The smallest absolute Gasteiger partial charge is 0.264 e. The SMILES string of the molecule is COc1ccc(Br)cc1/C=N\NC(=O)CN(c1ccc(Cl)cc1C)S(=O)(=O)c1ccc(C)cc1. The molecule has 0 aliphatic rings. The van der Waals surface area contributed by atoms with E-state index in [4.69, 9.17) is 16.3 Å². The fourth-order valence-electron chi connectivity index (χ4n) is 3.18. The Morgan fingerprint density at radius 1 is 1.12 bits per heavy atom. The summed E-state index contributed by atoms with van der Waals surface area (Å²) >= 11 is 9.44. The number of anilines is 1. The highest BCUT2D eigenvalue weighted by Crippen LogP contribution is 2.29. The van der Waals surface area contributed by atoms with Crippen LogP contribution in [0.2, 0.25) is 5.02 Å². The maximum Gasteiger partial charge on any atom is 0.264 e. The Labute approximate surface area is 212 Å². The standard InChI is InChI=1S/C24H23BrClN3O4S/c1-16-4-8-21(9-5-16)34(31,32)29(22-10-7-20(26)12-17(22)2)15-24(30)28-27-14-18-13-19(25)6-11-23(18)33-3/h4-14H,15H2,1-3H3,(H,28,30)/b27-14-. The first kappa shape index (κ1) is 25.7. The highest BCUT2D eigenvalue weighted by Gasteiger charge is 2.28. The lowest BCUT2D eigenvalue weighted by molar-refractivity contribution is -0.119. The van der Waals surface area contributed by atoms with Gasteiger partial charge in [-0.05, 0) is 67.9 Å². The topological polar surface area (TPSA) is 88.1 Å². The number of hydrazone groups is 1. The summed E-state index contributed by atoms with van der Waals surface area (Å²) in [5, 5.41) is 4.44. The van der Waals surface area contributed by atoms with Crippen LogP contribution in [0.15, 0.2) is 75.1 Å². The van der Waals surface area contributed by atoms with Crippen LogP contribution in [0.3, 0.4) is 0 Å². The number of methoxy groups -OCH3 is 1. The van der Waals surface area contributed by atoms with E-state index in [2.05, 4.69) is 26.5 Å². The summed E-state index contributed by atoms with van der Waals surface area (Å²) in [5.41, 5.74) is 4.90. The van der Waals surface area contributed by atoms with Gasteiger partial charge in [-0.15, -0.1) is 0 Å². The Bertz CT molecular complexity index is 1330. The zero-order chi connectivity index (χ0) is 24.9. The minimum Gasteiger partial charge on any atom is -0.496 e. The lowest BCUT2D eigenvalue weighted by Gasteiger charge is -2.25. The van der Waals surface area contributed by atoms with Crippen LogP contribution >= 0.6 is 27.5 Å². The quantitative estimate of drug-likeness (QED) is 0.306. The molecular weight excluding hydrogens is 542 g/mol. The summed E-state index contributed by atoms with van der Waals surface area (Å²) in [6.45, 7) is 3.11. The zero-order valence-corrected chi connectivity index (χ0v) is 21.9. The van der Waals surface area contributed by atoms with Crippen LogP contribution in [0, 0.1) is 13.8 Å². The maximum atomic E-state index is 13.5. The predicted octanol–water partition coefficient (Wildman–Crippen LogP) is 5.07. The molecule has 0 unspecified atom stereocenters. The molecule has 0 aliphatic heterocycles. The second-order valence-electron chi connectivity index (χ2n) is 7.43. The third-order valence-corrected chi connectivity index (χ3v) is 7.41. The fraction of sp³-hybridized carbons (Fsp3) is 0.167. The van der Waals surface area contributed by atoms with Gasteiger partial charge in [-0.25, -0.2) is 13.8 Å². The molecule has 0 spiro atoms. The number of ether oxygens (including phenoxy) is 1. The summed E-state index contributed by atoms with van der Waals surface area (Å²) in [7, 11) is -2.51. The fourth-order valence-corrected chi connectivity index (χ4v) is 5.27. The van der Waals surface area contributed by atoms with Crippen LogP contribution in [0.5, 0.6) is 5.75 Å². The van der Waals surface area contributed by atoms with Crippen molar-refractivity contribution in [3.8, 4) is 5.75 Å². The van der Waals surface area contributed by atoms with Gasteiger partial charge in [0.15, 0.2) is 0 Å². The number of carbonyl (C=O) groups excluding carboxylic acids is 1. The van der Waals surface area contributed by atoms with Gasteiger partial charge in [0.1, 0.15) is 12.3 Å². The summed E-state index contributed by atoms with van der Waals surface area (Å²) in [4.78, 5) is 12.8. The van der Waals surface area contributed by atoms with Crippen molar-refractivity contribution in [2.24, 2.45) is 5.10 Å². The van der Waals surface area contributed by atoms with Gasteiger partial charge in [0.25, 0.3) is 15.9 Å². The number of nitrogens with one attached hydrogen (secondary N) is 1. The van der Waals surface area contributed by atoms with Crippen molar-refractivity contribution in [3.63, 3.8) is 0 Å². The maximum absolute atomic E-state index is 13.5. The van der Waals surface area contributed by atoms with Gasteiger partial charge < -0.3 is 4.74 Å². The molecule has 3 rings (SSSR count). The molecule has 0 fully saturated rings. The van der Waals surface area contributed by atoms with E-state index in [9.17, 15) is 13.2 Å². The van der Waals surface area contributed by atoms with E-state index in [-0.39, 0.29) is 4.90 Å².